The van der Waals surface area contributed by atoms with Gasteiger partial charge in [-0.1, -0.05) is 20.8 Å². The quantitative estimate of drug-likeness (QED) is 0.586. The molecule has 1 atom stereocenters. The summed E-state index contributed by atoms with van der Waals surface area (Å²) in [7, 11) is 1.77. The van der Waals surface area contributed by atoms with Crippen LogP contribution in [0.4, 0.5) is 0 Å². The second-order valence-electron chi connectivity index (χ2n) is 4.41. The van der Waals surface area contributed by atoms with Crippen LogP contribution in [0.3, 0.4) is 0 Å². The average molecular weight is 233 g/mol. The highest BCUT2D eigenvalue weighted by Gasteiger charge is 2.01. The lowest BCUT2D eigenvalue weighted by Crippen LogP contribution is -2.24. The molecule has 0 bridgehead atoms. The zero-order chi connectivity index (χ0) is 11.5. The van der Waals surface area contributed by atoms with E-state index in [0.717, 1.165) is 32.0 Å². The molecule has 0 aromatic carbocycles. The minimum atomic E-state index is 0.717. The predicted octanol–water partition coefficient (Wildman–Crippen LogP) is 2.78. The van der Waals surface area contributed by atoms with Crippen LogP contribution >= 0.6 is 11.8 Å². The van der Waals surface area contributed by atoms with E-state index in [-0.39, 0.29) is 0 Å². The Kier molecular flexibility index (Phi) is 11.0. The van der Waals surface area contributed by atoms with Gasteiger partial charge < -0.3 is 10.1 Å². The number of hydrogen-bond donors (Lipinski definition) is 1. The molecule has 1 N–H and O–H groups in total. The number of rotatable bonds is 10. The molecule has 0 aliphatic rings. The Morgan fingerprint density at radius 3 is 2.60 bits per heavy atom. The summed E-state index contributed by atoms with van der Waals surface area (Å²) in [6.45, 7) is 10.0. The Labute approximate surface area is 99.5 Å². The summed E-state index contributed by atoms with van der Waals surface area (Å²) < 4.78 is 5.02. The molecule has 0 saturated heterocycles. The zero-order valence-electron chi connectivity index (χ0n) is 10.7. The maximum absolute atomic E-state index is 5.02. The molecule has 2 nitrogen and oxygen atoms in total. The van der Waals surface area contributed by atoms with Crippen LogP contribution in [0.25, 0.3) is 0 Å². The number of hydrogen-bond acceptors (Lipinski definition) is 3. The van der Waals surface area contributed by atoms with Gasteiger partial charge >= 0.3 is 0 Å². The van der Waals surface area contributed by atoms with E-state index in [2.05, 4.69) is 26.1 Å². The monoisotopic (exact) mass is 233 g/mol. The number of methoxy groups -OCH3 is 1. The fourth-order valence-corrected chi connectivity index (χ4v) is 2.17. The molecule has 0 aromatic heterocycles. The minimum Gasteiger partial charge on any atom is -0.385 e. The molecule has 92 valence electrons. The highest BCUT2D eigenvalue weighted by molar-refractivity contribution is 7.99. The van der Waals surface area contributed by atoms with Crippen LogP contribution in [0, 0.1) is 5.92 Å². The second-order valence-corrected chi connectivity index (χ2v) is 5.96. The third-order valence-corrected chi connectivity index (χ3v) is 3.49. The van der Waals surface area contributed by atoms with Gasteiger partial charge in [0, 0.05) is 25.5 Å². The van der Waals surface area contributed by atoms with E-state index in [4.69, 9.17) is 4.74 Å². The van der Waals surface area contributed by atoms with Gasteiger partial charge in [-0.2, -0.15) is 11.8 Å². The molecular formula is C12H27NOS. The Balaban J connectivity index is 3.15. The summed E-state index contributed by atoms with van der Waals surface area (Å²) in [5.41, 5.74) is 0. The van der Waals surface area contributed by atoms with Gasteiger partial charge in [-0.25, -0.2) is 0 Å². The number of ether oxygens (including phenoxy) is 1. The van der Waals surface area contributed by atoms with Crippen LogP contribution in [0.15, 0.2) is 0 Å². The van der Waals surface area contributed by atoms with Crippen molar-refractivity contribution in [2.75, 3.05) is 32.6 Å². The highest BCUT2D eigenvalue weighted by atomic mass is 32.2. The smallest absolute Gasteiger partial charge is 0.0470 e. The first-order chi connectivity index (χ1) is 7.16. The zero-order valence-corrected chi connectivity index (χ0v) is 11.5. The normalized spacial score (nSPS) is 13.4. The molecule has 0 fully saturated rings. The van der Waals surface area contributed by atoms with Crippen LogP contribution < -0.4 is 5.32 Å². The fourth-order valence-electron chi connectivity index (χ4n) is 1.24. The van der Waals surface area contributed by atoms with Crippen molar-refractivity contribution in [2.24, 2.45) is 5.92 Å². The van der Waals surface area contributed by atoms with E-state index in [0.29, 0.717) is 5.25 Å². The Hall–Kier alpha value is 0.270. The lowest BCUT2D eigenvalue weighted by Gasteiger charge is -2.13. The molecule has 0 saturated carbocycles. The lowest BCUT2D eigenvalue weighted by molar-refractivity contribution is 0.200. The van der Waals surface area contributed by atoms with E-state index in [1.54, 1.807) is 7.11 Å². The largest absolute Gasteiger partial charge is 0.385 e. The first kappa shape index (κ1) is 15.3. The van der Waals surface area contributed by atoms with Crippen LogP contribution in [-0.2, 0) is 4.74 Å². The molecular weight excluding hydrogens is 206 g/mol. The molecule has 3 heteroatoms. The van der Waals surface area contributed by atoms with E-state index in [1.165, 1.54) is 12.2 Å². The Morgan fingerprint density at radius 1 is 1.27 bits per heavy atom. The summed E-state index contributed by atoms with van der Waals surface area (Å²) in [5, 5.41) is 4.22. The Morgan fingerprint density at radius 2 is 2.00 bits per heavy atom. The van der Waals surface area contributed by atoms with Gasteiger partial charge in [0.05, 0.1) is 0 Å². The molecule has 15 heavy (non-hydrogen) atoms. The van der Waals surface area contributed by atoms with Crippen molar-refractivity contribution in [3.05, 3.63) is 0 Å². The van der Waals surface area contributed by atoms with Gasteiger partial charge in [0.25, 0.3) is 0 Å². The highest BCUT2D eigenvalue weighted by Crippen LogP contribution is 2.10. The van der Waals surface area contributed by atoms with Gasteiger partial charge in [0.1, 0.15) is 0 Å². The Bertz CT molecular complexity index is 131. The van der Waals surface area contributed by atoms with Crippen molar-refractivity contribution in [3.8, 4) is 0 Å². The van der Waals surface area contributed by atoms with Gasteiger partial charge in [-0.05, 0) is 31.1 Å². The third kappa shape index (κ3) is 12.2. The van der Waals surface area contributed by atoms with E-state index in [1.807, 2.05) is 11.8 Å². The molecule has 0 radical (unpaired) electrons. The first-order valence-corrected chi connectivity index (χ1v) is 7.03. The molecule has 0 spiro atoms. The topological polar surface area (TPSA) is 21.3 Å². The van der Waals surface area contributed by atoms with Gasteiger partial charge in [0.2, 0.25) is 0 Å². The fraction of sp³-hybridized carbons (Fsp3) is 1.00. The first-order valence-electron chi connectivity index (χ1n) is 5.98. The summed E-state index contributed by atoms with van der Waals surface area (Å²) in [5.74, 6) is 2.02. The van der Waals surface area contributed by atoms with Gasteiger partial charge in [0.15, 0.2) is 0 Å². The molecule has 0 amide bonds. The molecule has 0 aliphatic heterocycles. The van der Waals surface area contributed by atoms with Crippen LogP contribution in [0.5, 0.6) is 0 Å². The average Bonchev–Trinajstić information content (AvgIpc) is 2.19. The minimum absolute atomic E-state index is 0.717. The van der Waals surface area contributed by atoms with E-state index in [9.17, 15) is 0 Å². The molecule has 0 aliphatic carbocycles. The molecule has 0 aromatic rings. The summed E-state index contributed by atoms with van der Waals surface area (Å²) in [4.78, 5) is 0. The summed E-state index contributed by atoms with van der Waals surface area (Å²) >= 11 is 2.03. The number of nitrogens with one attached hydrogen (secondary N) is 1. The molecule has 0 rings (SSSR count). The van der Waals surface area contributed by atoms with E-state index >= 15 is 0 Å². The molecule has 1 unspecified atom stereocenters. The van der Waals surface area contributed by atoms with Crippen molar-refractivity contribution in [2.45, 2.75) is 38.9 Å². The number of thioether (sulfide) groups is 1. The summed E-state index contributed by atoms with van der Waals surface area (Å²) in [6, 6.07) is 0. The lowest BCUT2D eigenvalue weighted by atomic mass is 10.1. The second kappa shape index (κ2) is 10.8. The standard InChI is InChI=1S/C12H27NOS/c1-11(2)6-7-13-10-12(3)15-9-5-8-14-4/h11-13H,5-10H2,1-4H3. The third-order valence-electron chi connectivity index (χ3n) is 2.23. The summed E-state index contributed by atoms with van der Waals surface area (Å²) in [6.07, 6.45) is 2.44. The van der Waals surface area contributed by atoms with Gasteiger partial charge in [-0.15, -0.1) is 0 Å². The molecule has 0 heterocycles. The van der Waals surface area contributed by atoms with Crippen LogP contribution in [0.2, 0.25) is 0 Å². The maximum atomic E-state index is 5.02. The van der Waals surface area contributed by atoms with Crippen molar-refractivity contribution < 1.29 is 4.74 Å². The van der Waals surface area contributed by atoms with Crippen molar-refractivity contribution >= 4 is 11.8 Å². The van der Waals surface area contributed by atoms with Crippen LogP contribution in [-0.4, -0.2) is 37.8 Å². The van der Waals surface area contributed by atoms with Crippen LogP contribution in [0.1, 0.15) is 33.6 Å². The van der Waals surface area contributed by atoms with Crippen molar-refractivity contribution in [1.82, 2.24) is 5.32 Å². The van der Waals surface area contributed by atoms with Gasteiger partial charge in [-0.3, -0.25) is 0 Å². The maximum Gasteiger partial charge on any atom is 0.0470 e. The van der Waals surface area contributed by atoms with Crippen molar-refractivity contribution in [3.63, 3.8) is 0 Å². The van der Waals surface area contributed by atoms with E-state index < -0.39 is 0 Å². The SMILES string of the molecule is COCCCSC(C)CNCCC(C)C. The van der Waals surface area contributed by atoms with Crippen molar-refractivity contribution in [1.29, 1.82) is 0 Å². The predicted molar refractivity (Wildman–Crippen MR) is 70.7 cm³/mol.